The highest BCUT2D eigenvalue weighted by Gasteiger charge is 2.20. The molecule has 4 nitrogen and oxygen atoms in total. The lowest BCUT2D eigenvalue weighted by Crippen LogP contribution is -2.19. The topological polar surface area (TPSA) is 39.7 Å². The first kappa shape index (κ1) is 14.2. The van der Waals surface area contributed by atoms with E-state index >= 15 is 0 Å². The molecule has 0 saturated carbocycles. The molecule has 112 valence electrons. The third-order valence-electron chi connectivity index (χ3n) is 3.57. The molecule has 1 aromatic heterocycles. The van der Waals surface area contributed by atoms with E-state index in [1.54, 1.807) is 18.4 Å². The van der Waals surface area contributed by atoms with Crippen LogP contribution in [-0.2, 0) is 6.54 Å². The second-order valence-corrected chi connectivity index (χ2v) is 5.87. The summed E-state index contributed by atoms with van der Waals surface area (Å²) in [5.74, 6) is 2.19. The first-order valence-corrected chi connectivity index (χ1v) is 7.93. The second-order valence-electron chi connectivity index (χ2n) is 4.89. The Kier molecular flexibility index (Phi) is 4.31. The lowest BCUT2D eigenvalue weighted by Gasteiger charge is -2.16. The van der Waals surface area contributed by atoms with Crippen LogP contribution in [0.4, 0.5) is 0 Å². The number of hydrogen-bond donors (Lipinski definition) is 1. The van der Waals surface area contributed by atoms with E-state index in [1.807, 2.05) is 12.1 Å². The zero-order valence-electron chi connectivity index (χ0n) is 12.2. The summed E-state index contributed by atoms with van der Waals surface area (Å²) in [4.78, 5) is 1.37. The molecule has 0 amide bonds. The molecule has 0 fully saturated rings. The summed E-state index contributed by atoms with van der Waals surface area (Å²) in [5.41, 5.74) is 1.13. The van der Waals surface area contributed by atoms with Gasteiger partial charge in [0.1, 0.15) is 0 Å². The molecular weight excluding hydrogens is 286 g/mol. The Morgan fingerprint density at radius 3 is 3.00 bits per heavy atom. The Labute approximate surface area is 128 Å². The molecule has 0 spiro atoms. The van der Waals surface area contributed by atoms with Crippen LogP contribution in [0.15, 0.2) is 29.6 Å². The van der Waals surface area contributed by atoms with E-state index < -0.39 is 0 Å². The van der Waals surface area contributed by atoms with Crippen molar-refractivity contribution in [3.63, 3.8) is 0 Å². The minimum absolute atomic E-state index is 0.259. The summed E-state index contributed by atoms with van der Waals surface area (Å²) in [7, 11) is 1.65. The lowest BCUT2D eigenvalue weighted by atomic mass is 10.1. The maximum atomic E-state index is 5.46. The fraction of sp³-hybridized carbons (Fsp3) is 0.375. The molecule has 1 N–H and O–H groups in total. The summed E-state index contributed by atoms with van der Waals surface area (Å²) >= 11 is 1.79. The van der Waals surface area contributed by atoms with Crippen LogP contribution >= 0.6 is 11.3 Å². The predicted octanol–water partition coefficient (Wildman–Crippen LogP) is 3.73. The Morgan fingerprint density at radius 1 is 1.38 bits per heavy atom. The molecule has 0 radical (unpaired) electrons. The molecule has 5 heteroatoms. The third-order valence-corrected chi connectivity index (χ3v) is 4.55. The summed E-state index contributed by atoms with van der Waals surface area (Å²) in [5, 5.41) is 5.70. The van der Waals surface area contributed by atoms with Crippen LogP contribution in [0, 0.1) is 0 Å². The van der Waals surface area contributed by atoms with Gasteiger partial charge >= 0.3 is 0 Å². The molecule has 2 heterocycles. The van der Waals surface area contributed by atoms with E-state index in [0.717, 1.165) is 30.0 Å². The zero-order chi connectivity index (χ0) is 14.7. The van der Waals surface area contributed by atoms with E-state index in [9.17, 15) is 0 Å². The van der Waals surface area contributed by atoms with Gasteiger partial charge < -0.3 is 19.5 Å². The monoisotopic (exact) mass is 305 g/mol. The SMILES string of the molecule is CCC(NCc1cc(OC)c2c(c1)OCO2)c1cccs1. The van der Waals surface area contributed by atoms with Gasteiger partial charge in [0.05, 0.1) is 7.11 Å². The van der Waals surface area contributed by atoms with Crippen molar-refractivity contribution < 1.29 is 14.2 Å². The first-order valence-electron chi connectivity index (χ1n) is 7.05. The minimum Gasteiger partial charge on any atom is -0.493 e. The number of benzene rings is 1. The van der Waals surface area contributed by atoms with Crippen LogP contribution < -0.4 is 19.5 Å². The number of nitrogens with one attached hydrogen (secondary N) is 1. The van der Waals surface area contributed by atoms with Gasteiger partial charge in [-0.25, -0.2) is 0 Å². The molecule has 3 rings (SSSR count). The molecule has 1 aromatic carbocycles. The second kappa shape index (κ2) is 6.37. The normalized spacial score (nSPS) is 14.2. The predicted molar refractivity (Wildman–Crippen MR) is 83.3 cm³/mol. The van der Waals surface area contributed by atoms with Gasteiger partial charge in [-0.2, -0.15) is 0 Å². The molecule has 1 atom stereocenters. The van der Waals surface area contributed by atoms with Crippen molar-refractivity contribution in [2.24, 2.45) is 0 Å². The number of methoxy groups -OCH3 is 1. The van der Waals surface area contributed by atoms with Crippen LogP contribution in [0.25, 0.3) is 0 Å². The van der Waals surface area contributed by atoms with E-state index in [0.29, 0.717) is 11.8 Å². The molecule has 2 aromatic rings. The summed E-state index contributed by atoms with van der Waals surface area (Å²) < 4.78 is 16.2. The molecule has 21 heavy (non-hydrogen) atoms. The van der Waals surface area contributed by atoms with Crippen molar-refractivity contribution in [1.82, 2.24) is 5.32 Å². The molecule has 0 aliphatic carbocycles. The molecule has 1 aliphatic rings. The average Bonchev–Trinajstić information content (AvgIpc) is 3.18. The van der Waals surface area contributed by atoms with Gasteiger partial charge in [-0.3, -0.25) is 0 Å². The van der Waals surface area contributed by atoms with Crippen LogP contribution in [-0.4, -0.2) is 13.9 Å². The highest BCUT2D eigenvalue weighted by molar-refractivity contribution is 7.10. The van der Waals surface area contributed by atoms with Gasteiger partial charge in [-0.05, 0) is 35.6 Å². The highest BCUT2D eigenvalue weighted by atomic mass is 32.1. The van der Waals surface area contributed by atoms with Gasteiger partial charge in [-0.1, -0.05) is 13.0 Å². The van der Waals surface area contributed by atoms with E-state index in [-0.39, 0.29) is 6.79 Å². The summed E-state index contributed by atoms with van der Waals surface area (Å²) in [6.45, 7) is 3.22. The van der Waals surface area contributed by atoms with Crippen molar-refractivity contribution >= 4 is 11.3 Å². The summed E-state index contributed by atoms with van der Waals surface area (Å²) in [6, 6.07) is 8.65. The van der Waals surface area contributed by atoms with Crippen molar-refractivity contribution in [3.8, 4) is 17.2 Å². The van der Waals surface area contributed by atoms with E-state index in [1.165, 1.54) is 4.88 Å². The number of thiophene rings is 1. The van der Waals surface area contributed by atoms with E-state index in [2.05, 4.69) is 29.8 Å². The van der Waals surface area contributed by atoms with Crippen LogP contribution in [0.2, 0.25) is 0 Å². The number of ether oxygens (including phenoxy) is 3. The zero-order valence-corrected chi connectivity index (χ0v) is 13.0. The highest BCUT2D eigenvalue weighted by Crippen LogP contribution is 2.41. The van der Waals surface area contributed by atoms with Gasteiger partial charge in [0.15, 0.2) is 11.5 Å². The quantitative estimate of drug-likeness (QED) is 0.883. The Hall–Kier alpha value is -1.72. The standard InChI is InChI=1S/C16H19NO3S/c1-3-12(15-5-4-6-21-15)17-9-11-7-13(18-2)16-14(8-11)19-10-20-16/h4-8,12,17H,3,9-10H2,1-2H3. The minimum atomic E-state index is 0.259. The number of rotatable bonds is 6. The maximum absolute atomic E-state index is 5.46. The van der Waals surface area contributed by atoms with Crippen molar-refractivity contribution in [2.75, 3.05) is 13.9 Å². The maximum Gasteiger partial charge on any atom is 0.231 e. The smallest absolute Gasteiger partial charge is 0.231 e. The number of hydrogen-bond acceptors (Lipinski definition) is 5. The molecule has 0 saturated heterocycles. The molecule has 0 bridgehead atoms. The van der Waals surface area contributed by atoms with Crippen LogP contribution in [0.3, 0.4) is 0 Å². The van der Waals surface area contributed by atoms with Gasteiger partial charge in [0.2, 0.25) is 12.5 Å². The van der Waals surface area contributed by atoms with Gasteiger partial charge in [0, 0.05) is 17.5 Å². The Bertz CT molecular complexity index is 598. The summed E-state index contributed by atoms with van der Waals surface area (Å²) in [6.07, 6.45) is 1.06. The largest absolute Gasteiger partial charge is 0.493 e. The fourth-order valence-electron chi connectivity index (χ4n) is 2.46. The third kappa shape index (κ3) is 2.99. The first-order chi connectivity index (χ1) is 10.3. The average molecular weight is 305 g/mol. The van der Waals surface area contributed by atoms with Gasteiger partial charge in [-0.15, -0.1) is 11.3 Å². The molecule has 1 unspecified atom stereocenters. The molecular formula is C16H19NO3S. The van der Waals surface area contributed by atoms with Crippen molar-refractivity contribution in [1.29, 1.82) is 0 Å². The van der Waals surface area contributed by atoms with Crippen molar-refractivity contribution in [3.05, 3.63) is 40.1 Å². The van der Waals surface area contributed by atoms with Crippen LogP contribution in [0.1, 0.15) is 29.8 Å². The Morgan fingerprint density at radius 2 is 2.29 bits per heavy atom. The van der Waals surface area contributed by atoms with Crippen LogP contribution in [0.5, 0.6) is 17.2 Å². The Balaban J connectivity index is 1.73. The number of fused-ring (bicyclic) bond motifs is 1. The fourth-order valence-corrected chi connectivity index (χ4v) is 3.35. The molecule has 1 aliphatic heterocycles. The van der Waals surface area contributed by atoms with Crippen molar-refractivity contribution in [2.45, 2.75) is 25.9 Å². The van der Waals surface area contributed by atoms with Gasteiger partial charge in [0.25, 0.3) is 0 Å². The van der Waals surface area contributed by atoms with E-state index in [4.69, 9.17) is 14.2 Å². The lowest BCUT2D eigenvalue weighted by molar-refractivity contribution is 0.171.